The molecule has 2 aromatic rings. The summed E-state index contributed by atoms with van der Waals surface area (Å²) < 4.78 is 5.36. The summed E-state index contributed by atoms with van der Waals surface area (Å²) in [4.78, 5) is 6.90. The number of hydrogen-bond acceptors (Lipinski definition) is 7. The number of para-hydroxylation sites is 1. The van der Waals surface area contributed by atoms with Gasteiger partial charge in [-0.05, 0) is 24.5 Å². The molecule has 1 aromatic carbocycles. The predicted octanol–water partition coefficient (Wildman–Crippen LogP) is 2.23. The third-order valence-corrected chi connectivity index (χ3v) is 4.37. The van der Waals surface area contributed by atoms with E-state index < -0.39 is 0 Å². The van der Waals surface area contributed by atoms with Gasteiger partial charge in [-0.15, -0.1) is 5.10 Å². The van der Waals surface area contributed by atoms with Crippen LogP contribution in [0.4, 0.5) is 17.5 Å². The standard InChI is InChI=1S/C18H26N6O/c1-3-15-6-4-5-14(2)17(15)21-16-13-20-23-18(22-16)19-7-8-24-9-11-25-12-10-24/h4-6,13H,3,7-12H2,1-2H3,(H2,19,21,22,23). The van der Waals surface area contributed by atoms with E-state index in [1.807, 2.05) is 0 Å². The molecule has 0 bridgehead atoms. The summed E-state index contributed by atoms with van der Waals surface area (Å²) in [5.41, 5.74) is 3.56. The Morgan fingerprint density at radius 2 is 2.08 bits per heavy atom. The van der Waals surface area contributed by atoms with E-state index in [2.05, 4.69) is 62.8 Å². The van der Waals surface area contributed by atoms with Crippen molar-refractivity contribution in [3.63, 3.8) is 0 Å². The molecule has 0 unspecified atom stereocenters. The Balaban J connectivity index is 1.60. The van der Waals surface area contributed by atoms with Gasteiger partial charge in [0.2, 0.25) is 5.95 Å². The van der Waals surface area contributed by atoms with Gasteiger partial charge in [-0.3, -0.25) is 4.90 Å². The zero-order valence-corrected chi connectivity index (χ0v) is 15.0. The lowest BCUT2D eigenvalue weighted by Gasteiger charge is -2.26. The van der Waals surface area contributed by atoms with Crippen molar-refractivity contribution in [2.24, 2.45) is 0 Å². The van der Waals surface area contributed by atoms with Gasteiger partial charge in [-0.25, -0.2) is 0 Å². The van der Waals surface area contributed by atoms with E-state index in [1.54, 1.807) is 6.20 Å². The molecule has 2 heterocycles. The Morgan fingerprint density at radius 1 is 1.24 bits per heavy atom. The van der Waals surface area contributed by atoms with Crippen molar-refractivity contribution >= 4 is 17.5 Å². The summed E-state index contributed by atoms with van der Waals surface area (Å²) in [6.07, 6.45) is 2.62. The SMILES string of the molecule is CCc1cccc(C)c1Nc1cnnc(NCCN2CCOCC2)n1. The largest absolute Gasteiger partial charge is 0.379 e. The molecule has 1 fully saturated rings. The van der Waals surface area contributed by atoms with Gasteiger partial charge < -0.3 is 15.4 Å². The van der Waals surface area contributed by atoms with Gasteiger partial charge in [0.15, 0.2) is 5.82 Å². The van der Waals surface area contributed by atoms with Crippen LogP contribution in [0.3, 0.4) is 0 Å². The van der Waals surface area contributed by atoms with Crippen molar-refractivity contribution in [3.8, 4) is 0 Å². The molecule has 134 valence electrons. The highest BCUT2D eigenvalue weighted by Gasteiger charge is 2.10. The highest BCUT2D eigenvalue weighted by atomic mass is 16.5. The fourth-order valence-electron chi connectivity index (χ4n) is 2.92. The molecule has 0 amide bonds. The van der Waals surface area contributed by atoms with Crippen molar-refractivity contribution in [3.05, 3.63) is 35.5 Å². The Kier molecular flexibility index (Phi) is 6.14. The lowest BCUT2D eigenvalue weighted by Crippen LogP contribution is -2.39. The van der Waals surface area contributed by atoms with Crippen LogP contribution in [0, 0.1) is 6.92 Å². The summed E-state index contributed by atoms with van der Waals surface area (Å²) in [5, 5.41) is 14.8. The number of aryl methyl sites for hydroxylation is 2. The Labute approximate surface area is 148 Å². The van der Waals surface area contributed by atoms with Crippen molar-refractivity contribution in [1.82, 2.24) is 20.1 Å². The number of nitrogens with zero attached hydrogens (tertiary/aromatic N) is 4. The van der Waals surface area contributed by atoms with Gasteiger partial charge >= 0.3 is 0 Å². The summed E-state index contributed by atoms with van der Waals surface area (Å²) in [5.74, 6) is 1.25. The molecule has 0 spiro atoms. The highest BCUT2D eigenvalue weighted by molar-refractivity contribution is 5.64. The highest BCUT2D eigenvalue weighted by Crippen LogP contribution is 2.24. The number of ether oxygens (including phenoxy) is 1. The lowest BCUT2D eigenvalue weighted by atomic mass is 10.1. The summed E-state index contributed by atoms with van der Waals surface area (Å²) in [7, 11) is 0. The molecule has 1 saturated heterocycles. The number of rotatable bonds is 7. The monoisotopic (exact) mass is 342 g/mol. The Hall–Kier alpha value is -2.25. The number of nitrogens with one attached hydrogen (secondary N) is 2. The maximum absolute atomic E-state index is 5.36. The van der Waals surface area contributed by atoms with Gasteiger partial charge in [-0.2, -0.15) is 10.1 Å². The van der Waals surface area contributed by atoms with Crippen molar-refractivity contribution in [2.75, 3.05) is 50.0 Å². The van der Waals surface area contributed by atoms with E-state index >= 15 is 0 Å². The zero-order chi connectivity index (χ0) is 17.5. The van der Waals surface area contributed by atoms with Crippen LogP contribution in [-0.4, -0.2) is 59.5 Å². The molecule has 1 aliphatic heterocycles. The quantitative estimate of drug-likeness (QED) is 0.799. The third-order valence-electron chi connectivity index (χ3n) is 4.37. The van der Waals surface area contributed by atoms with Crippen LogP contribution in [-0.2, 0) is 11.2 Å². The first-order valence-electron chi connectivity index (χ1n) is 8.85. The number of hydrogen-bond donors (Lipinski definition) is 2. The van der Waals surface area contributed by atoms with E-state index in [4.69, 9.17) is 4.74 Å². The summed E-state index contributed by atoms with van der Waals surface area (Å²) >= 11 is 0. The van der Waals surface area contributed by atoms with Crippen LogP contribution in [0.2, 0.25) is 0 Å². The van der Waals surface area contributed by atoms with E-state index in [9.17, 15) is 0 Å². The minimum Gasteiger partial charge on any atom is -0.379 e. The van der Waals surface area contributed by atoms with Gasteiger partial charge in [0.1, 0.15) is 0 Å². The van der Waals surface area contributed by atoms with Crippen LogP contribution >= 0.6 is 0 Å². The summed E-state index contributed by atoms with van der Waals surface area (Å²) in [6.45, 7) is 9.57. The van der Waals surface area contributed by atoms with Crippen LogP contribution in [0.5, 0.6) is 0 Å². The maximum atomic E-state index is 5.36. The molecule has 3 rings (SSSR count). The van der Waals surface area contributed by atoms with Crippen LogP contribution in [0.15, 0.2) is 24.4 Å². The van der Waals surface area contributed by atoms with Gasteiger partial charge in [-0.1, -0.05) is 25.1 Å². The van der Waals surface area contributed by atoms with Crippen LogP contribution in [0.25, 0.3) is 0 Å². The second kappa shape index (κ2) is 8.73. The van der Waals surface area contributed by atoms with Crippen molar-refractivity contribution in [2.45, 2.75) is 20.3 Å². The molecule has 0 aliphatic carbocycles. The topological polar surface area (TPSA) is 75.2 Å². The van der Waals surface area contributed by atoms with Crippen LogP contribution in [0.1, 0.15) is 18.1 Å². The number of anilines is 3. The molecular weight excluding hydrogens is 316 g/mol. The van der Waals surface area contributed by atoms with E-state index in [0.717, 1.165) is 51.5 Å². The molecule has 1 aliphatic rings. The molecule has 25 heavy (non-hydrogen) atoms. The minimum absolute atomic E-state index is 0.546. The molecule has 7 heteroatoms. The van der Waals surface area contributed by atoms with Crippen molar-refractivity contribution in [1.29, 1.82) is 0 Å². The van der Waals surface area contributed by atoms with Gasteiger partial charge in [0, 0.05) is 31.9 Å². The van der Waals surface area contributed by atoms with E-state index in [0.29, 0.717) is 11.8 Å². The zero-order valence-electron chi connectivity index (χ0n) is 15.0. The lowest BCUT2D eigenvalue weighted by molar-refractivity contribution is 0.0398. The Bertz CT molecular complexity index is 687. The van der Waals surface area contributed by atoms with E-state index in [-0.39, 0.29) is 0 Å². The molecule has 0 atom stereocenters. The average Bonchev–Trinajstić information content (AvgIpc) is 2.65. The molecule has 2 N–H and O–H groups in total. The average molecular weight is 342 g/mol. The van der Waals surface area contributed by atoms with Gasteiger partial charge in [0.25, 0.3) is 0 Å². The third kappa shape index (κ3) is 4.87. The van der Waals surface area contributed by atoms with Crippen LogP contribution < -0.4 is 10.6 Å². The minimum atomic E-state index is 0.546. The normalized spacial score (nSPS) is 15.1. The number of benzene rings is 1. The first kappa shape index (κ1) is 17.6. The van der Waals surface area contributed by atoms with Crippen molar-refractivity contribution < 1.29 is 4.74 Å². The molecule has 7 nitrogen and oxygen atoms in total. The molecule has 0 radical (unpaired) electrons. The summed E-state index contributed by atoms with van der Waals surface area (Å²) in [6, 6.07) is 6.30. The number of morpholine rings is 1. The van der Waals surface area contributed by atoms with E-state index in [1.165, 1.54) is 11.1 Å². The second-order valence-corrected chi connectivity index (χ2v) is 6.13. The molecule has 0 saturated carbocycles. The molecular formula is C18H26N6O. The smallest absolute Gasteiger partial charge is 0.244 e. The predicted molar refractivity (Wildman–Crippen MR) is 99.4 cm³/mol. The molecule has 1 aromatic heterocycles. The Morgan fingerprint density at radius 3 is 2.88 bits per heavy atom. The fourth-order valence-corrected chi connectivity index (χ4v) is 2.92. The number of aromatic nitrogens is 3. The second-order valence-electron chi connectivity index (χ2n) is 6.13. The first-order valence-corrected chi connectivity index (χ1v) is 8.85. The maximum Gasteiger partial charge on any atom is 0.244 e. The fraction of sp³-hybridized carbons (Fsp3) is 0.500. The first-order chi connectivity index (χ1) is 12.3. The van der Waals surface area contributed by atoms with Gasteiger partial charge in [0.05, 0.1) is 19.4 Å².